The molecule has 0 bridgehead atoms. The molecule has 0 aromatic heterocycles. The Labute approximate surface area is 84.3 Å². The molecule has 11 heavy (non-hydrogen) atoms. The number of hydrogen-bond donors (Lipinski definition) is 2. The first-order valence-electron chi connectivity index (χ1n) is 3.01. The minimum Gasteiger partial charge on any atom is -0.376 e. The predicted octanol–water partition coefficient (Wildman–Crippen LogP) is 1.95. The molecular formula is C7H7IN2S. The van der Waals surface area contributed by atoms with E-state index in [9.17, 15) is 0 Å². The zero-order valence-electron chi connectivity index (χ0n) is 5.67. The Bertz CT molecular complexity index is 275. The molecule has 3 N–H and O–H groups in total. The summed E-state index contributed by atoms with van der Waals surface area (Å²) in [5.41, 5.74) is 6.27. The summed E-state index contributed by atoms with van der Waals surface area (Å²) in [5, 5.41) is 3.17. The van der Waals surface area contributed by atoms with Crippen LogP contribution in [0.4, 0.5) is 5.69 Å². The molecule has 0 fully saturated rings. The average molecular weight is 278 g/mol. The molecule has 0 amide bonds. The van der Waals surface area contributed by atoms with Gasteiger partial charge in [-0.2, -0.15) is 0 Å². The fourth-order valence-corrected chi connectivity index (χ4v) is 1.33. The maximum atomic E-state index is 5.31. The highest BCUT2D eigenvalue weighted by molar-refractivity contribution is 14.1. The number of anilines is 1. The summed E-state index contributed by atoms with van der Waals surface area (Å²) in [5.74, 6) is 0. The largest absolute Gasteiger partial charge is 0.376 e. The third kappa shape index (κ3) is 2.63. The molecule has 4 heteroatoms. The number of halogens is 1. The lowest BCUT2D eigenvalue weighted by atomic mass is 10.3. The van der Waals surface area contributed by atoms with Crippen LogP contribution in [0, 0.1) is 3.57 Å². The van der Waals surface area contributed by atoms with Crippen molar-refractivity contribution in [2.24, 2.45) is 5.73 Å². The van der Waals surface area contributed by atoms with Crippen LogP contribution in [0.15, 0.2) is 24.3 Å². The molecule has 0 atom stereocenters. The van der Waals surface area contributed by atoms with Crippen molar-refractivity contribution < 1.29 is 0 Å². The van der Waals surface area contributed by atoms with Crippen LogP contribution in [0.3, 0.4) is 0 Å². The maximum Gasteiger partial charge on any atom is 0.168 e. The van der Waals surface area contributed by atoms with E-state index in [1.54, 1.807) is 0 Å². The molecule has 0 aliphatic rings. The highest BCUT2D eigenvalue weighted by Crippen LogP contribution is 2.16. The van der Waals surface area contributed by atoms with Crippen molar-refractivity contribution in [3.63, 3.8) is 0 Å². The summed E-state index contributed by atoms with van der Waals surface area (Å²) < 4.78 is 1.11. The monoisotopic (exact) mass is 278 g/mol. The Morgan fingerprint density at radius 2 is 2.09 bits per heavy atom. The molecule has 1 aromatic rings. The number of para-hydroxylation sites is 1. The van der Waals surface area contributed by atoms with Crippen molar-refractivity contribution in [1.29, 1.82) is 0 Å². The molecular weight excluding hydrogens is 271 g/mol. The van der Waals surface area contributed by atoms with E-state index >= 15 is 0 Å². The summed E-state index contributed by atoms with van der Waals surface area (Å²) in [6, 6.07) is 7.82. The lowest BCUT2D eigenvalue weighted by molar-refractivity contribution is 1.57. The fourth-order valence-electron chi connectivity index (χ4n) is 0.695. The van der Waals surface area contributed by atoms with Gasteiger partial charge in [0.1, 0.15) is 0 Å². The summed E-state index contributed by atoms with van der Waals surface area (Å²) >= 11 is 6.92. The number of benzene rings is 1. The third-order valence-corrected chi connectivity index (χ3v) is 2.17. The van der Waals surface area contributed by atoms with Gasteiger partial charge in [-0.15, -0.1) is 0 Å². The van der Waals surface area contributed by atoms with Crippen molar-refractivity contribution >= 4 is 45.6 Å². The number of nitrogens with two attached hydrogens (primary N) is 1. The van der Waals surface area contributed by atoms with Crippen molar-refractivity contribution in [3.8, 4) is 0 Å². The van der Waals surface area contributed by atoms with E-state index in [-0.39, 0.29) is 0 Å². The molecule has 0 radical (unpaired) electrons. The van der Waals surface area contributed by atoms with Crippen molar-refractivity contribution in [3.05, 3.63) is 27.8 Å². The summed E-state index contributed by atoms with van der Waals surface area (Å²) in [6.45, 7) is 0. The number of thiocarbonyl (C=S) groups is 1. The van der Waals surface area contributed by atoms with E-state index in [0.717, 1.165) is 9.26 Å². The Morgan fingerprint density at radius 1 is 1.45 bits per heavy atom. The molecule has 0 aliphatic heterocycles. The predicted molar refractivity (Wildman–Crippen MR) is 59.6 cm³/mol. The third-order valence-electron chi connectivity index (χ3n) is 1.13. The van der Waals surface area contributed by atoms with E-state index in [1.807, 2.05) is 24.3 Å². The molecule has 1 aromatic carbocycles. The molecule has 0 unspecified atom stereocenters. The Hall–Kier alpha value is -0.360. The van der Waals surface area contributed by atoms with Gasteiger partial charge in [-0.1, -0.05) is 12.1 Å². The number of nitrogens with one attached hydrogen (secondary N) is 1. The van der Waals surface area contributed by atoms with Gasteiger partial charge < -0.3 is 11.1 Å². The lowest BCUT2D eigenvalue weighted by Gasteiger charge is -2.04. The summed E-state index contributed by atoms with van der Waals surface area (Å²) in [6.07, 6.45) is 0. The Balaban J connectivity index is 2.86. The topological polar surface area (TPSA) is 38.0 Å². The van der Waals surface area contributed by atoms with Crippen LogP contribution in [0.2, 0.25) is 0 Å². The number of rotatable bonds is 1. The molecule has 58 valence electrons. The van der Waals surface area contributed by atoms with Gasteiger partial charge in [0.15, 0.2) is 5.11 Å². The van der Waals surface area contributed by atoms with E-state index in [1.165, 1.54) is 0 Å². The zero-order valence-corrected chi connectivity index (χ0v) is 8.65. The van der Waals surface area contributed by atoms with Gasteiger partial charge in [-0.3, -0.25) is 0 Å². The van der Waals surface area contributed by atoms with Crippen molar-refractivity contribution in [1.82, 2.24) is 0 Å². The minimum absolute atomic E-state index is 0.300. The molecule has 0 heterocycles. The molecule has 0 aliphatic carbocycles. The van der Waals surface area contributed by atoms with E-state index in [2.05, 4.69) is 27.9 Å². The molecule has 0 saturated carbocycles. The van der Waals surface area contributed by atoms with Gasteiger partial charge in [-0.25, -0.2) is 0 Å². The molecule has 2 nitrogen and oxygen atoms in total. The van der Waals surface area contributed by atoms with E-state index < -0.39 is 0 Å². The SMILES string of the molecule is NC(=S)Nc1ccccc1I. The fraction of sp³-hybridized carbons (Fsp3) is 0. The molecule has 0 saturated heterocycles. The van der Waals surface area contributed by atoms with Gasteiger partial charge in [0, 0.05) is 3.57 Å². The first-order chi connectivity index (χ1) is 5.20. The number of hydrogen-bond acceptors (Lipinski definition) is 1. The van der Waals surface area contributed by atoms with E-state index in [4.69, 9.17) is 18.0 Å². The van der Waals surface area contributed by atoms with Gasteiger partial charge in [-0.05, 0) is 46.9 Å². The summed E-state index contributed by atoms with van der Waals surface area (Å²) in [4.78, 5) is 0. The standard InChI is InChI=1S/C7H7IN2S/c8-5-3-1-2-4-6(5)10-7(9)11/h1-4H,(H3,9,10,11). The average Bonchev–Trinajstić information content (AvgIpc) is 1.93. The highest BCUT2D eigenvalue weighted by Gasteiger charge is 1.96. The first-order valence-corrected chi connectivity index (χ1v) is 4.50. The van der Waals surface area contributed by atoms with Gasteiger partial charge >= 0.3 is 0 Å². The van der Waals surface area contributed by atoms with Crippen molar-refractivity contribution in [2.45, 2.75) is 0 Å². The second-order valence-corrected chi connectivity index (χ2v) is 3.57. The van der Waals surface area contributed by atoms with Gasteiger partial charge in [0.05, 0.1) is 5.69 Å². The lowest BCUT2D eigenvalue weighted by Crippen LogP contribution is -2.19. The zero-order chi connectivity index (χ0) is 8.27. The normalized spacial score (nSPS) is 9.18. The van der Waals surface area contributed by atoms with Crippen LogP contribution in [0.25, 0.3) is 0 Å². The molecule has 0 spiro atoms. The Morgan fingerprint density at radius 3 is 2.64 bits per heavy atom. The van der Waals surface area contributed by atoms with Crippen LogP contribution in [0.1, 0.15) is 0 Å². The van der Waals surface area contributed by atoms with Crippen molar-refractivity contribution in [2.75, 3.05) is 5.32 Å². The second-order valence-electron chi connectivity index (χ2n) is 1.97. The van der Waals surface area contributed by atoms with Crippen LogP contribution in [-0.2, 0) is 0 Å². The second kappa shape index (κ2) is 3.87. The minimum atomic E-state index is 0.300. The van der Waals surface area contributed by atoms with Crippen LogP contribution >= 0.6 is 34.8 Å². The van der Waals surface area contributed by atoms with Gasteiger partial charge in [0.2, 0.25) is 0 Å². The Kier molecular flexibility index (Phi) is 3.07. The smallest absolute Gasteiger partial charge is 0.168 e. The first kappa shape index (κ1) is 8.73. The van der Waals surface area contributed by atoms with Crippen LogP contribution in [0.5, 0.6) is 0 Å². The van der Waals surface area contributed by atoms with Gasteiger partial charge in [0.25, 0.3) is 0 Å². The quantitative estimate of drug-likeness (QED) is 0.609. The highest BCUT2D eigenvalue weighted by atomic mass is 127. The molecule has 1 rings (SSSR count). The van der Waals surface area contributed by atoms with E-state index in [0.29, 0.717) is 5.11 Å². The van der Waals surface area contributed by atoms with Crippen LogP contribution in [-0.4, -0.2) is 5.11 Å². The summed E-state index contributed by atoms with van der Waals surface area (Å²) in [7, 11) is 0. The maximum absolute atomic E-state index is 5.31. The van der Waals surface area contributed by atoms with Crippen LogP contribution < -0.4 is 11.1 Å².